The molecule has 3 rings (SSSR count). The van der Waals surface area contributed by atoms with E-state index in [2.05, 4.69) is 10.2 Å². The number of benzene rings is 1. The molecule has 24 heavy (non-hydrogen) atoms. The van der Waals surface area contributed by atoms with Gasteiger partial charge < -0.3 is 19.9 Å². The van der Waals surface area contributed by atoms with Crippen LogP contribution in [0, 0.1) is 5.92 Å². The maximum atomic E-state index is 12.6. The van der Waals surface area contributed by atoms with Crippen molar-refractivity contribution in [3.63, 3.8) is 0 Å². The Morgan fingerprint density at radius 1 is 1.21 bits per heavy atom. The highest BCUT2D eigenvalue weighted by Gasteiger charge is 2.28. The molecule has 0 unspecified atom stereocenters. The minimum atomic E-state index is 0.0136. The number of urea groups is 1. The summed E-state index contributed by atoms with van der Waals surface area (Å²) in [5, 5.41) is 3.05. The molecule has 2 aliphatic rings. The number of rotatable bonds is 5. The number of piperidine rings is 1. The van der Waals surface area contributed by atoms with Gasteiger partial charge in [0.15, 0.2) is 0 Å². The summed E-state index contributed by atoms with van der Waals surface area (Å²) in [4.78, 5) is 17.1. The van der Waals surface area contributed by atoms with Crippen molar-refractivity contribution < 1.29 is 9.53 Å². The number of methoxy groups -OCH3 is 1. The molecule has 2 heterocycles. The van der Waals surface area contributed by atoms with E-state index < -0.39 is 0 Å². The van der Waals surface area contributed by atoms with Gasteiger partial charge in [-0.05, 0) is 44.3 Å². The number of carbonyl (C=O) groups is 1. The summed E-state index contributed by atoms with van der Waals surface area (Å²) in [5.41, 5.74) is 1.86. The summed E-state index contributed by atoms with van der Waals surface area (Å²) in [5.74, 6) is 0.614. The number of carbonyl (C=O) groups excluding carboxylic acids is 1. The third-order valence-corrected chi connectivity index (χ3v) is 5.10. The normalized spacial score (nSPS) is 21.9. The molecular weight excluding hydrogens is 302 g/mol. The average Bonchev–Trinajstić information content (AvgIpc) is 3.06. The second-order valence-corrected chi connectivity index (χ2v) is 6.98. The van der Waals surface area contributed by atoms with Crippen molar-refractivity contribution >= 4 is 11.7 Å². The molecular formula is C19H29N3O2. The van der Waals surface area contributed by atoms with E-state index in [4.69, 9.17) is 4.74 Å². The van der Waals surface area contributed by atoms with Gasteiger partial charge >= 0.3 is 6.03 Å². The molecule has 2 amide bonds. The van der Waals surface area contributed by atoms with Crippen LogP contribution in [0.5, 0.6) is 0 Å². The summed E-state index contributed by atoms with van der Waals surface area (Å²) in [6.07, 6.45) is 5.14. The number of anilines is 1. The minimum absolute atomic E-state index is 0.0136. The average molecular weight is 331 g/mol. The minimum Gasteiger partial charge on any atom is -0.380 e. The van der Waals surface area contributed by atoms with Crippen molar-refractivity contribution in [2.24, 2.45) is 5.92 Å². The molecule has 0 radical (unpaired) electrons. The summed E-state index contributed by atoms with van der Waals surface area (Å²) in [6, 6.07) is 7.85. The van der Waals surface area contributed by atoms with E-state index in [0.29, 0.717) is 12.5 Å². The first kappa shape index (κ1) is 17.2. The van der Waals surface area contributed by atoms with E-state index in [1.807, 2.05) is 29.2 Å². The van der Waals surface area contributed by atoms with Gasteiger partial charge in [-0.2, -0.15) is 0 Å². The van der Waals surface area contributed by atoms with E-state index in [-0.39, 0.29) is 6.03 Å². The largest absolute Gasteiger partial charge is 0.380 e. The highest BCUT2D eigenvalue weighted by molar-refractivity contribution is 5.90. The molecule has 0 spiro atoms. The number of likely N-dealkylation sites (tertiary alicyclic amines) is 2. The first-order valence-corrected chi connectivity index (χ1v) is 9.11. The van der Waals surface area contributed by atoms with Gasteiger partial charge in [-0.3, -0.25) is 0 Å². The quantitative estimate of drug-likeness (QED) is 0.901. The maximum Gasteiger partial charge on any atom is 0.321 e. The molecule has 2 saturated heterocycles. The number of nitrogens with one attached hydrogen (secondary N) is 1. The highest BCUT2D eigenvalue weighted by atomic mass is 16.5. The second-order valence-electron chi connectivity index (χ2n) is 6.98. The van der Waals surface area contributed by atoms with Crippen molar-refractivity contribution in [3.8, 4) is 0 Å². The molecule has 0 aliphatic carbocycles. The number of ether oxygens (including phenoxy) is 1. The van der Waals surface area contributed by atoms with E-state index in [0.717, 1.165) is 37.3 Å². The topological polar surface area (TPSA) is 44.8 Å². The highest BCUT2D eigenvalue weighted by Crippen LogP contribution is 2.22. The molecule has 132 valence electrons. The van der Waals surface area contributed by atoms with Crippen LogP contribution >= 0.6 is 0 Å². The van der Waals surface area contributed by atoms with Crippen molar-refractivity contribution in [1.29, 1.82) is 0 Å². The van der Waals surface area contributed by atoms with Crippen LogP contribution in [-0.2, 0) is 11.3 Å². The van der Waals surface area contributed by atoms with Crippen molar-refractivity contribution in [2.45, 2.75) is 32.3 Å². The van der Waals surface area contributed by atoms with Crippen LogP contribution in [-0.4, -0.2) is 55.7 Å². The smallest absolute Gasteiger partial charge is 0.321 e. The Morgan fingerprint density at radius 3 is 2.79 bits per heavy atom. The van der Waals surface area contributed by atoms with Crippen LogP contribution in [0.2, 0.25) is 0 Å². The predicted molar refractivity (Wildman–Crippen MR) is 96.1 cm³/mol. The molecule has 0 aromatic heterocycles. The van der Waals surface area contributed by atoms with Crippen molar-refractivity contribution in [1.82, 2.24) is 9.80 Å². The Bertz CT molecular complexity index is 543. The van der Waals surface area contributed by atoms with Crippen LogP contribution in [0.4, 0.5) is 10.5 Å². The third-order valence-electron chi connectivity index (χ3n) is 5.10. The molecule has 1 atom stereocenters. The molecule has 0 bridgehead atoms. The summed E-state index contributed by atoms with van der Waals surface area (Å²) in [7, 11) is 1.67. The Balaban J connectivity index is 1.51. The van der Waals surface area contributed by atoms with Crippen molar-refractivity contribution in [3.05, 3.63) is 29.8 Å². The van der Waals surface area contributed by atoms with Crippen LogP contribution < -0.4 is 5.32 Å². The molecule has 1 aromatic carbocycles. The molecule has 2 aliphatic heterocycles. The van der Waals surface area contributed by atoms with Crippen LogP contribution in [0.3, 0.4) is 0 Å². The Kier molecular flexibility index (Phi) is 6.10. The lowest BCUT2D eigenvalue weighted by Crippen LogP contribution is -2.37. The SMILES string of the molecule is COCc1ccccc1NC(=O)N1CC[C@@H](CN2CCCCC2)C1. The third kappa shape index (κ3) is 4.48. The lowest BCUT2D eigenvalue weighted by Gasteiger charge is -2.29. The molecule has 5 nitrogen and oxygen atoms in total. The Hall–Kier alpha value is -1.59. The summed E-state index contributed by atoms with van der Waals surface area (Å²) >= 11 is 0. The van der Waals surface area contributed by atoms with Gasteiger partial charge in [0.1, 0.15) is 0 Å². The van der Waals surface area contributed by atoms with E-state index in [1.54, 1.807) is 7.11 Å². The molecule has 0 saturated carbocycles. The number of nitrogens with zero attached hydrogens (tertiary/aromatic N) is 2. The zero-order valence-corrected chi connectivity index (χ0v) is 14.7. The van der Waals surface area contributed by atoms with Gasteiger partial charge in [-0.1, -0.05) is 24.6 Å². The number of hydrogen-bond donors (Lipinski definition) is 1. The maximum absolute atomic E-state index is 12.6. The monoisotopic (exact) mass is 331 g/mol. The van der Waals surface area contributed by atoms with Gasteiger partial charge in [-0.15, -0.1) is 0 Å². The zero-order chi connectivity index (χ0) is 16.8. The number of para-hydroxylation sites is 1. The lowest BCUT2D eigenvalue weighted by molar-refractivity contribution is 0.185. The van der Waals surface area contributed by atoms with E-state index in [9.17, 15) is 4.79 Å². The molecule has 5 heteroatoms. The van der Waals surface area contributed by atoms with Gasteiger partial charge in [0.25, 0.3) is 0 Å². The van der Waals surface area contributed by atoms with Gasteiger partial charge in [-0.25, -0.2) is 4.79 Å². The first-order valence-electron chi connectivity index (χ1n) is 9.11. The predicted octanol–water partition coefficient (Wildman–Crippen LogP) is 3.17. The van der Waals surface area contributed by atoms with E-state index >= 15 is 0 Å². The summed E-state index contributed by atoms with van der Waals surface area (Å²) in [6.45, 7) is 5.84. The van der Waals surface area contributed by atoms with Gasteiger partial charge in [0.2, 0.25) is 0 Å². The molecule has 2 fully saturated rings. The van der Waals surface area contributed by atoms with Gasteiger partial charge in [0, 0.05) is 38.0 Å². The van der Waals surface area contributed by atoms with Crippen LogP contribution in [0.25, 0.3) is 0 Å². The molecule has 1 N–H and O–H groups in total. The first-order chi connectivity index (χ1) is 11.8. The number of amides is 2. The Morgan fingerprint density at radius 2 is 2.00 bits per heavy atom. The summed E-state index contributed by atoms with van der Waals surface area (Å²) < 4.78 is 5.21. The fraction of sp³-hybridized carbons (Fsp3) is 0.632. The van der Waals surface area contributed by atoms with E-state index in [1.165, 1.54) is 32.4 Å². The zero-order valence-electron chi connectivity index (χ0n) is 14.7. The standard InChI is InChI=1S/C19H29N3O2/c1-24-15-17-7-3-4-8-18(17)20-19(23)22-12-9-16(14-22)13-21-10-5-2-6-11-21/h3-4,7-8,16H,2,5-6,9-15H2,1H3,(H,20,23)/t16-/m0/s1. The van der Waals surface area contributed by atoms with Crippen LogP contribution in [0.15, 0.2) is 24.3 Å². The second kappa shape index (κ2) is 8.49. The van der Waals surface area contributed by atoms with Gasteiger partial charge in [0.05, 0.1) is 6.61 Å². The Labute approximate surface area is 145 Å². The lowest BCUT2D eigenvalue weighted by atomic mass is 10.1. The number of hydrogen-bond acceptors (Lipinski definition) is 3. The van der Waals surface area contributed by atoms with Crippen LogP contribution in [0.1, 0.15) is 31.2 Å². The fourth-order valence-corrected chi connectivity index (χ4v) is 3.79. The molecule has 1 aromatic rings. The van der Waals surface area contributed by atoms with Crippen molar-refractivity contribution in [2.75, 3.05) is 45.2 Å². The fourth-order valence-electron chi connectivity index (χ4n) is 3.79.